The molecule has 2 amide bonds. The quantitative estimate of drug-likeness (QED) is 0.415. The molecule has 2 heterocycles. The molecule has 2 aromatic carbocycles. The second-order valence-corrected chi connectivity index (χ2v) is 7.88. The van der Waals surface area contributed by atoms with Crippen molar-refractivity contribution in [3.8, 4) is 0 Å². The van der Waals surface area contributed by atoms with Crippen LogP contribution in [0.2, 0.25) is 5.02 Å². The molecular weight excluding hydrogens is 423 g/mol. The van der Waals surface area contributed by atoms with Crippen molar-refractivity contribution in [2.75, 3.05) is 11.9 Å². The van der Waals surface area contributed by atoms with Crippen LogP contribution < -0.4 is 10.6 Å². The van der Waals surface area contributed by atoms with E-state index < -0.39 is 5.67 Å². The minimum absolute atomic E-state index is 0.306. The number of fused-ring (bicyclic) bond motifs is 1. The predicted octanol–water partition coefficient (Wildman–Crippen LogP) is 5.75. The Morgan fingerprint density at radius 1 is 1.13 bits per heavy atom. The zero-order chi connectivity index (χ0) is 21.1. The number of rotatable bonds is 5. The summed E-state index contributed by atoms with van der Waals surface area (Å²) in [7, 11) is 0. The Bertz CT molecular complexity index is 1200. The number of benzene rings is 2. The number of carbonyl (C=O) groups excluding carboxylic acids is 1. The smallest absolute Gasteiger partial charge is 0.320 e. The molecule has 1 unspecified atom stereocenters. The van der Waals surface area contributed by atoms with E-state index in [1.165, 1.54) is 17.5 Å². The Kier molecular flexibility index (Phi) is 5.65. The van der Waals surface area contributed by atoms with Crippen molar-refractivity contribution in [2.24, 2.45) is 0 Å². The lowest BCUT2D eigenvalue weighted by molar-refractivity contribution is 0.252. The summed E-state index contributed by atoms with van der Waals surface area (Å²) in [5.41, 5.74) is 1.56. The summed E-state index contributed by atoms with van der Waals surface area (Å²) >= 11 is 7.85. The van der Waals surface area contributed by atoms with E-state index in [1.807, 2.05) is 6.92 Å². The van der Waals surface area contributed by atoms with E-state index in [-0.39, 0.29) is 6.03 Å². The number of hydrogen-bond acceptors (Lipinski definition) is 4. The lowest BCUT2D eigenvalue weighted by Crippen LogP contribution is -2.29. The zero-order valence-electron chi connectivity index (χ0n) is 16.0. The first-order valence-corrected chi connectivity index (χ1v) is 10.6. The van der Waals surface area contributed by atoms with Crippen LogP contribution in [-0.2, 0) is 5.67 Å². The van der Waals surface area contributed by atoms with Crippen molar-refractivity contribution in [2.45, 2.75) is 12.6 Å². The molecule has 30 heavy (non-hydrogen) atoms. The molecule has 2 N–H and O–H groups in total. The lowest BCUT2D eigenvalue weighted by Gasteiger charge is -2.28. The van der Waals surface area contributed by atoms with E-state index in [4.69, 9.17) is 11.6 Å². The molecule has 0 fully saturated rings. The van der Waals surface area contributed by atoms with Gasteiger partial charge in [-0.2, -0.15) is 0 Å². The maximum absolute atomic E-state index is 17.0. The van der Waals surface area contributed by atoms with Crippen LogP contribution in [0.1, 0.15) is 23.6 Å². The van der Waals surface area contributed by atoms with E-state index >= 15 is 4.39 Å². The van der Waals surface area contributed by atoms with Crippen LogP contribution in [0.3, 0.4) is 0 Å². The number of thiazole rings is 1. The van der Waals surface area contributed by atoms with Gasteiger partial charge >= 0.3 is 6.03 Å². The van der Waals surface area contributed by atoms with E-state index in [2.05, 4.69) is 20.6 Å². The number of nitrogens with zero attached hydrogens (tertiary/aromatic N) is 2. The Morgan fingerprint density at radius 3 is 2.67 bits per heavy atom. The number of urea groups is 1. The van der Waals surface area contributed by atoms with Gasteiger partial charge in [0.15, 0.2) is 5.67 Å². The highest BCUT2D eigenvalue weighted by Crippen LogP contribution is 2.44. The van der Waals surface area contributed by atoms with Gasteiger partial charge in [0.05, 0.1) is 15.7 Å². The van der Waals surface area contributed by atoms with Gasteiger partial charge in [0.25, 0.3) is 0 Å². The van der Waals surface area contributed by atoms with Gasteiger partial charge in [-0.25, -0.2) is 19.2 Å². The van der Waals surface area contributed by atoms with Gasteiger partial charge in [0, 0.05) is 28.9 Å². The summed E-state index contributed by atoms with van der Waals surface area (Å²) in [5, 5.41) is 5.56. The Labute approximate surface area is 181 Å². The average Bonchev–Trinajstić information content (AvgIpc) is 3.22. The van der Waals surface area contributed by atoms with Crippen molar-refractivity contribution in [3.63, 3.8) is 0 Å². The van der Waals surface area contributed by atoms with Gasteiger partial charge in [-0.1, -0.05) is 35.9 Å². The molecule has 152 valence electrons. The van der Waals surface area contributed by atoms with E-state index in [0.717, 1.165) is 10.2 Å². The number of carbonyl (C=O) groups is 1. The summed E-state index contributed by atoms with van der Waals surface area (Å²) in [6.07, 6.45) is 1.42. The Balaban J connectivity index is 1.82. The summed E-state index contributed by atoms with van der Waals surface area (Å²) < 4.78 is 17.8. The van der Waals surface area contributed by atoms with Gasteiger partial charge in [-0.3, -0.25) is 5.32 Å². The van der Waals surface area contributed by atoms with Gasteiger partial charge in [-0.05, 0) is 42.8 Å². The standard InChI is InChI=1S/C22H18ClFN4OS/c1-2-25-21(29)28-20-10-8-15(12-26-20)22(24,16-5-3-4-6-17(16)23)14-7-9-18-19(11-14)30-13-27-18/h3-13H,2H2,1H3,(H2,25,26,28,29). The molecular formula is C22H18ClFN4OS. The van der Waals surface area contributed by atoms with Crippen LogP contribution in [0, 0.1) is 0 Å². The summed E-state index contributed by atoms with van der Waals surface area (Å²) in [4.78, 5) is 20.2. The van der Waals surface area contributed by atoms with Gasteiger partial charge in [-0.15, -0.1) is 11.3 Å². The first kappa shape index (κ1) is 20.3. The van der Waals surface area contributed by atoms with Gasteiger partial charge in [0.2, 0.25) is 0 Å². The monoisotopic (exact) mass is 440 g/mol. The topological polar surface area (TPSA) is 66.9 Å². The molecule has 0 radical (unpaired) electrons. The summed E-state index contributed by atoms with van der Waals surface area (Å²) in [5.74, 6) is 0.323. The third-order valence-electron chi connectivity index (χ3n) is 4.71. The number of nitrogens with one attached hydrogen (secondary N) is 2. The van der Waals surface area contributed by atoms with Crippen LogP contribution in [-0.4, -0.2) is 22.5 Å². The molecule has 2 aromatic heterocycles. The van der Waals surface area contributed by atoms with Crippen LogP contribution in [0.15, 0.2) is 66.3 Å². The summed E-state index contributed by atoms with van der Waals surface area (Å²) in [6, 6.07) is 14.9. The minimum Gasteiger partial charge on any atom is -0.338 e. The third kappa shape index (κ3) is 3.74. The molecule has 4 rings (SSSR count). The fraction of sp³-hybridized carbons (Fsp3) is 0.136. The van der Waals surface area contributed by atoms with E-state index in [9.17, 15) is 4.79 Å². The number of pyridine rings is 1. The number of halogens is 2. The Hall–Kier alpha value is -3.03. The SMILES string of the molecule is CCNC(=O)Nc1ccc(C(F)(c2ccc3ncsc3c2)c2ccccc2Cl)cn1. The van der Waals surface area contributed by atoms with Gasteiger partial charge < -0.3 is 5.32 Å². The lowest BCUT2D eigenvalue weighted by atomic mass is 9.82. The van der Waals surface area contributed by atoms with Crippen molar-refractivity contribution >= 4 is 45.0 Å². The van der Waals surface area contributed by atoms with Crippen molar-refractivity contribution < 1.29 is 9.18 Å². The summed E-state index contributed by atoms with van der Waals surface area (Å²) in [6.45, 7) is 2.31. The van der Waals surface area contributed by atoms with Crippen LogP contribution >= 0.6 is 22.9 Å². The molecule has 0 spiro atoms. The highest BCUT2D eigenvalue weighted by molar-refractivity contribution is 7.16. The van der Waals surface area contributed by atoms with Crippen LogP contribution in [0.5, 0.6) is 0 Å². The molecule has 4 aromatic rings. The second kappa shape index (κ2) is 8.38. The first-order valence-electron chi connectivity index (χ1n) is 9.31. The first-order chi connectivity index (χ1) is 14.5. The number of alkyl halides is 1. The Morgan fingerprint density at radius 2 is 1.93 bits per heavy atom. The average molecular weight is 441 g/mol. The number of amides is 2. The van der Waals surface area contributed by atoms with Gasteiger partial charge in [0.1, 0.15) is 5.82 Å². The maximum Gasteiger partial charge on any atom is 0.320 e. The number of aromatic nitrogens is 2. The molecule has 1 atom stereocenters. The highest BCUT2D eigenvalue weighted by atomic mass is 35.5. The fourth-order valence-electron chi connectivity index (χ4n) is 3.28. The second-order valence-electron chi connectivity index (χ2n) is 6.59. The van der Waals surface area contributed by atoms with Crippen LogP contribution in [0.4, 0.5) is 15.0 Å². The predicted molar refractivity (Wildman–Crippen MR) is 119 cm³/mol. The molecule has 5 nitrogen and oxygen atoms in total. The molecule has 0 bridgehead atoms. The van der Waals surface area contributed by atoms with Crippen LogP contribution in [0.25, 0.3) is 10.2 Å². The van der Waals surface area contributed by atoms with E-state index in [0.29, 0.717) is 34.1 Å². The van der Waals surface area contributed by atoms with Crippen molar-refractivity contribution in [3.05, 3.63) is 88.0 Å². The molecule has 0 aliphatic rings. The third-order valence-corrected chi connectivity index (χ3v) is 5.84. The molecule has 0 saturated heterocycles. The normalized spacial score (nSPS) is 13.0. The molecule has 0 saturated carbocycles. The molecule has 8 heteroatoms. The molecule has 0 aliphatic heterocycles. The van der Waals surface area contributed by atoms with E-state index in [1.54, 1.807) is 60.1 Å². The number of hydrogen-bond donors (Lipinski definition) is 2. The maximum atomic E-state index is 17.0. The largest absolute Gasteiger partial charge is 0.338 e. The fourth-order valence-corrected chi connectivity index (χ4v) is 4.26. The zero-order valence-corrected chi connectivity index (χ0v) is 17.6. The number of anilines is 1. The molecule has 0 aliphatic carbocycles. The van der Waals surface area contributed by atoms with Crippen molar-refractivity contribution in [1.82, 2.24) is 15.3 Å². The van der Waals surface area contributed by atoms with Crippen molar-refractivity contribution in [1.29, 1.82) is 0 Å². The minimum atomic E-state index is -2.03. The highest BCUT2D eigenvalue weighted by Gasteiger charge is 2.39.